The van der Waals surface area contributed by atoms with Gasteiger partial charge in [-0.2, -0.15) is 0 Å². The van der Waals surface area contributed by atoms with Gasteiger partial charge in [0.05, 0.1) is 0 Å². The number of hydrogen-bond donors (Lipinski definition) is 2. The van der Waals surface area contributed by atoms with Gasteiger partial charge in [0.15, 0.2) is 3.95 Å². The second kappa shape index (κ2) is 4.67. The molecule has 0 atom stereocenters. The Labute approximate surface area is 99.1 Å². The van der Waals surface area contributed by atoms with Gasteiger partial charge in [-0.3, -0.25) is 5.10 Å². The molecule has 0 aliphatic heterocycles. The minimum Gasteiger partial charge on any atom is -0.356 e. The first kappa shape index (κ1) is 11.2. The van der Waals surface area contributed by atoms with Crippen molar-refractivity contribution in [3.63, 3.8) is 0 Å². The van der Waals surface area contributed by atoms with E-state index >= 15 is 0 Å². The molecule has 1 aromatic heterocycles. The van der Waals surface area contributed by atoms with Crippen molar-refractivity contribution in [3.05, 3.63) is 39.4 Å². The predicted octanol–water partition coefficient (Wildman–Crippen LogP) is 3.09. The summed E-state index contributed by atoms with van der Waals surface area (Å²) in [6.45, 7) is 0.238. The third-order valence-corrected chi connectivity index (χ3v) is 2.93. The van der Waals surface area contributed by atoms with Crippen molar-refractivity contribution in [3.8, 4) is 0 Å². The molecule has 0 unspecified atom stereocenters. The van der Waals surface area contributed by atoms with Crippen LogP contribution < -0.4 is 5.32 Å². The number of hydrogen-bond acceptors (Lipinski definition) is 4. The summed E-state index contributed by atoms with van der Waals surface area (Å²) in [5.74, 6) is -1.16. The van der Waals surface area contributed by atoms with E-state index in [1.807, 2.05) is 0 Å². The van der Waals surface area contributed by atoms with Crippen LogP contribution >= 0.6 is 23.6 Å². The molecule has 1 aromatic carbocycles. The Bertz CT molecular complexity index is 550. The van der Waals surface area contributed by atoms with Crippen LogP contribution in [0.3, 0.4) is 0 Å². The minimum absolute atomic E-state index is 0.238. The number of aromatic nitrogens is 2. The van der Waals surface area contributed by atoms with Crippen molar-refractivity contribution in [2.45, 2.75) is 6.54 Å². The van der Waals surface area contributed by atoms with Crippen LogP contribution in [-0.2, 0) is 6.54 Å². The Balaban J connectivity index is 2.07. The zero-order valence-corrected chi connectivity index (χ0v) is 9.59. The number of rotatable bonds is 3. The molecule has 0 saturated carbocycles. The van der Waals surface area contributed by atoms with Gasteiger partial charge in [0.2, 0.25) is 5.13 Å². The van der Waals surface area contributed by atoms with Crippen molar-refractivity contribution in [1.29, 1.82) is 0 Å². The molecule has 0 amide bonds. The average molecular weight is 259 g/mol. The van der Waals surface area contributed by atoms with Crippen LogP contribution in [0.4, 0.5) is 13.9 Å². The lowest BCUT2D eigenvalue weighted by atomic mass is 10.2. The maximum absolute atomic E-state index is 13.2. The van der Waals surface area contributed by atoms with Gasteiger partial charge in [-0.15, -0.1) is 5.10 Å². The van der Waals surface area contributed by atoms with Crippen molar-refractivity contribution < 1.29 is 8.78 Å². The number of benzene rings is 1. The fraction of sp³-hybridized carbons (Fsp3) is 0.111. The zero-order valence-electron chi connectivity index (χ0n) is 7.96. The molecule has 2 N–H and O–H groups in total. The van der Waals surface area contributed by atoms with Crippen LogP contribution in [0.15, 0.2) is 18.2 Å². The second-order valence-corrected chi connectivity index (χ2v) is 4.67. The lowest BCUT2D eigenvalue weighted by molar-refractivity contribution is 0.574. The van der Waals surface area contributed by atoms with Gasteiger partial charge in [-0.1, -0.05) is 17.4 Å². The molecule has 0 fully saturated rings. The molecule has 0 aliphatic rings. The first-order valence-electron chi connectivity index (χ1n) is 4.38. The summed E-state index contributed by atoms with van der Waals surface area (Å²) in [6.07, 6.45) is 0. The quantitative estimate of drug-likeness (QED) is 0.832. The van der Waals surface area contributed by atoms with Crippen molar-refractivity contribution >= 4 is 28.7 Å². The molecule has 2 aromatic rings. The summed E-state index contributed by atoms with van der Waals surface area (Å²) >= 11 is 6.10. The Hall–Kier alpha value is -1.34. The van der Waals surface area contributed by atoms with E-state index in [9.17, 15) is 8.78 Å². The molecule has 0 aliphatic carbocycles. The van der Waals surface area contributed by atoms with Crippen LogP contribution in [0.2, 0.25) is 0 Å². The van der Waals surface area contributed by atoms with Gasteiger partial charge < -0.3 is 5.32 Å². The molecule has 0 radical (unpaired) electrons. The maximum atomic E-state index is 13.2. The van der Waals surface area contributed by atoms with Crippen LogP contribution in [-0.4, -0.2) is 10.2 Å². The largest absolute Gasteiger partial charge is 0.356 e. The van der Waals surface area contributed by atoms with Crippen LogP contribution in [0, 0.1) is 15.6 Å². The molecule has 0 spiro atoms. The molecular weight excluding hydrogens is 252 g/mol. The SMILES string of the molecule is Fc1ccc(CNc2n[nH]c(=S)s2)c(F)c1. The lowest BCUT2D eigenvalue weighted by Crippen LogP contribution is -2.01. The van der Waals surface area contributed by atoms with E-state index in [1.165, 1.54) is 23.5 Å². The average Bonchev–Trinajstić information content (AvgIpc) is 2.63. The van der Waals surface area contributed by atoms with Crippen molar-refractivity contribution in [2.75, 3.05) is 5.32 Å². The summed E-state index contributed by atoms with van der Waals surface area (Å²) in [5, 5.41) is 9.92. The maximum Gasteiger partial charge on any atom is 0.204 e. The molecule has 2 rings (SSSR count). The number of halogens is 2. The Morgan fingerprint density at radius 3 is 2.88 bits per heavy atom. The fourth-order valence-electron chi connectivity index (χ4n) is 1.14. The first-order valence-corrected chi connectivity index (χ1v) is 5.61. The molecular formula is C9H7F2N3S2. The summed E-state index contributed by atoms with van der Waals surface area (Å²) < 4.78 is 26.4. The summed E-state index contributed by atoms with van der Waals surface area (Å²) in [6, 6.07) is 3.46. The van der Waals surface area contributed by atoms with E-state index in [2.05, 4.69) is 15.5 Å². The fourth-order valence-corrected chi connectivity index (χ4v) is 1.93. The van der Waals surface area contributed by atoms with Gasteiger partial charge in [-0.25, -0.2) is 8.78 Å². The molecule has 16 heavy (non-hydrogen) atoms. The van der Waals surface area contributed by atoms with Gasteiger partial charge in [0.25, 0.3) is 0 Å². The van der Waals surface area contributed by atoms with E-state index in [4.69, 9.17) is 12.2 Å². The number of H-pyrrole nitrogens is 1. The third-order valence-electron chi connectivity index (χ3n) is 1.88. The van der Waals surface area contributed by atoms with E-state index in [1.54, 1.807) is 0 Å². The third kappa shape index (κ3) is 2.61. The smallest absolute Gasteiger partial charge is 0.204 e. The molecule has 0 bridgehead atoms. The van der Waals surface area contributed by atoms with E-state index in [-0.39, 0.29) is 6.54 Å². The van der Waals surface area contributed by atoms with Crippen LogP contribution in [0.25, 0.3) is 0 Å². The van der Waals surface area contributed by atoms with Gasteiger partial charge in [-0.05, 0) is 18.3 Å². The molecule has 84 valence electrons. The van der Waals surface area contributed by atoms with Crippen molar-refractivity contribution in [2.24, 2.45) is 0 Å². The van der Waals surface area contributed by atoms with Crippen LogP contribution in [0.1, 0.15) is 5.56 Å². The Kier molecular flexibility index (Phi) is 3.25. The number of anilines is 1. The topological polar surface area (TPSA) is 40.7 Å². The summed E-state index contributed by atoms with van der Waals surface area (Å²) in [5.41, 5.74) is 0.377. The molecule has 3 nitrogen and oxygen atoms in total. The molecule has 7 heteroatoms. The zero-order chi connectivity index (χ0) is 11.5. The summed E-state index contributed by atoms with van der Waals surface area (Å²) in [4.78, 5) is 0. The predicted molar refractivity (Wildman–Crippen MR) is 61.0 cm³/mol. The minimum atomic E-state index is -0.586. The van der Waals surface area contributed by atoms with E-state index in [0.717, 1.165) is 6.07 Å². The highest BCUT2D eigenvalue weighted by Gasteiger charge is 2.04. The normalized spacial score (nSPS) is 10.4. The Morgan fingerprint density at radius 2 is 2.25 bits per heavy atom. The molecule has 1 heterocycles. The van der Waals surface area contributed by atoms with Gasteiger partial charge in [0.1, 0.15) is 11.6 Å². The standard InChI is InChI=1S/C9H7F2N3S2/c10-6-2-1-5(7(11)3-6)4-12-8-13-14-9(15)16-8/h1-3H,4H2,(H,12,13)(H,14,15). The van der Waals surface area contributed by atoms with Crippen molar-refractivity contribution in [1.82, 2.24) is 10.2 Å². The molecule has 0 saturated heterocycles. The number of aromatic amines is 1. The number of nitrogens with one attached hydrogen (secondary N) is 2. The Morgan fingerprint density at radius 1 is 1.44 bits per heavy atom. The highest BCUT2D eigenvalue weighted by Crippen LogP contribution is 2.14. The lowest BCUT2D eigenvalue weighted by Gasteiger charge is -2.03. The van der Waals surface area contributed by atoms with Gasteiger partial charge >= 0.3 is 0 Å². The first-order chi connectivity index (χ1) is 7.65. The second-order valence-electron chi connectivity index (χ2n) is 3.01. The monoisotopic (exact) mass is 259 g/mol. The van der Waals surface area contributed by atoms with Crippen LogP contribution in [0.5, 0.6) is 0 Å². The number of nitrogens with zero attached hydrogens (tertiary/aromatic N) is 1. The summed E-state index contributed by atoms with van der Waals surface area (Å²) in [7, 11) is 0. The highest BCUT2D eigenvalue weighted by molar-refractivity contribution is 7.73. The van der Waals surface area contributed by atoms with Gasteiger partial charge in [0, 0.05) is 18.2 Å². The van der Waals surface area contributed by atoms with E-state index < -0.39 is 11.6 Å². The van der Waals surface area contributed by atoms with E-state index in [0.29, 0.717) is 14.6 Å². The highest BCUT2D eigenvalue weighted by atomic mass is 32.1.